The third-order valence-corrected chi connectivity index (χ3v) is 4.65. The summed E-state index contributed by atoms with van der Waals surface area (Å²) in [5, 5.41) is 3.35. The summed E-state index contributed by atoms with van der Waals surface area (Å²) in [7, 11) is 1.81. The second kappa shape index (κ2) is 4.84. The predicted molar refractivity (Wildman–Crippen MR) is 73.6 cm³/mol. The van der Waals surface area contributed by atoms with E-state index in [1.165, 1.54) is 18.4 Å². The largest absolute Gasteiger partial charge is 0.370 e. The van der Waals surface area contributed by atoms with Gasteiger partial charge in [0.25, 0.3) is 0 Å². The van der Waals surface area contributed by atoms with Gasteiger partial charge in [0, 0.05) is 31.5 Å². The molecule has 2 heterocycles. The molecule has 104 valence electrons. The third kappa shape index (κ3) is 2.17. The van der Waals surface area contributed by atoms with Crippen LogP contribution in [0.3, 0.4) is 0 Å². The van der Waals surface area contributed by atoms with Gasteiger partial charge >= 0.3 is 0 Å². The van der Waals surface area contributed by atoms with Crippen LogP contribution in [0.1, 0.15) is 55.4 Å². The lowest BCUT2D eigenvalue weighted by Crippen LogP contribution is -2.36. The van der Waals surface area contributed by atoms with E-state index in [9.17, 15) is 0 Å². The second-order valence-electron chi connectivity index (χ2n) is 6.06. The number of aryl methyl sites for hydroxylation is 1. The zero-order valence-corrected chi connectivity index (χ0v) is 12.1. The van der Waals surface area contributed by atoms with Crippen molar-refractivity contribution in [2.75, 3.05) is 7.11 Å². The van der Waals surface area contributed by atoms with E-state index in [-0.39, 0.29) is 5.60 Å². The number of aromatic nitrogens is 2. The molecule has 1 fully saturated rings. The van der Waals surface area contributed by atoms with Crippen LogP contribution in [0.15, 0.2) is 0 Å². The van der Waals surface area contributed by atoms with E-state index in [0.717, 1.165) is 43.1 Å². The molecule has 1 aromatic rings. The molecule has 19 heavy (non-hydrogen) atoms. The van der Waals surface area contributed by atoms with Gasteiger partial charge in [0.1, 0.15) is 5.60 Å². The Morgan fingerprint density at radius 1 is 1.32 bits per heavy atom. The lowest BCUT2D eigenvalue weighted by atomic mass is 9.78. The van der Waals surface area contributed by atoms with Crippen LogP contribution in [0.5, 0.6) is 0 Å². The molecule has 0 amide bonds. The molecule has 1 aliphatic carbocycles. The van der Waals surface area contributed by atoms with E-state index in [2.05, 4.69) is 19.2 Å². The molecule has 1 saturated carbocycles. The van der Waals surface area contributed by atoms with Gasteiger partial charge in [-0.2, -0.15) is 0 Å². The molecule has 2 aliphatic rings. The summed E-state index contributed by atoms with van der Waals surface area (Å²) in [6.45, 7) is 6.15. The van der Waals surface area contributed by atoms with Crippen molar-refractivity contribution in [3.63, 3.8) is 0 Å². The molecule has 2 unspecified atom stereocenters. The monoisotopic (exact) mass is 261 g/mol. The van der Waals surface area contributed by atoms with Gasteiger partial charge in [0.2, 0.25) is 0 Å². The smallest absolute Gasteiger partial charge is 0.160 e. The summed E-state index contributed by atoms with van der Waals surface area (Å²) in [5.41, 5.74) is 3.29. The maximum atomic E-state index is 5.90. The maximum absolute atomic E-state index is 5.90. The van der Waals surface area contributed by atoms with Gasteiger partial charge in [-0.05, 0) is 32.1 Å². The lowest BCUT2D eigenvalue weighted by molar-refractivity contribution is -0.0648. The molecule has 1 N–H and O–H groups in total. The number of hydrogen-bond donors (Lipinski definition) is 1. The topological polar surface area (TPSA) is 47.0 Å². The zero-order valence-electron chi connectivity index (χ0n) is 12.1. The molecule has 3 rings (SSSR count). The molecule has 2 atom stereocenters. The maximum Gasteiger partial charge on any atom is 0.160 e. The first-order chi connectivity index (χ1) is 9.14. The lowest BCUT2D eigenvalue weighted by Gasteiger charge is -2.37. The Bertz CT molecular complexity index is 489. The van der Waals surface area contributed by atoms with Crippen molar-refractivity contribution in [1.82, 2.24) is 15.3 Å². The summed E-state index contributed by atoms with van der Waals surface area (Å²) in [4.78, 5) is 9.59. The highest BCUT2D eigenvalue weighted by Gasteiger charge is 2.40. The molecule has 0 radical (unpaired) electrons. The van der Waals surface area contributed by atoms with E-state index in [1.807, 2.05) is 7.11 Å². The van der Waals surface area contributed by atoms with Gasteiger partial charge in [-0.25, -0.2) is 9.97 Å². The van der Waals surface area contributed by atoms with Gasteiger partial charge < -0.3 is 10.1 Å². The summed E-state index contributed by atoms with van der Waals surface area (Å²) >= 11 is 0. The van der Waals surface area contributed by atoms with Crippen molar-refractivity contribution in [1.29, 1.82) is 0 Å². The van der Waals surface area contributed by atoms with Gasteiger partial charge in [-0.15, -0.1) is 0 Å². The molecule has 4 heteroatoms. The SMILES string of the molecule is COC1(c2nc(C)c3c(n2)CNC3)CCCC(C)C1. The molecule has 4 nitrogen and oxygen atoms in total. The highest BCUT2D eigenvalue weighted by Crippen LogP contribution is 2.41. The third-order valence-electron chi connectivity index (χ3n) is 4.65. The fourth-order valence-corrected chi connectivity index (χ4v) is 3.52. The van der Waals surface area contributed by atoms with Crippen LogP contribution >= 0.6 is 0 Å². The van der Waals surface area contributed by atoms with Gasteiger partial charge in [-0.1, -0.05) is 13.3 Å². The molecule has 0 bridgehead atoms. The number of hydrogen-bond acceptors (Lipinski definition) is 4. The van der Waals surface area contributed by atoms with Gasteiger partial charge in [0.15, 0.2) is 5.82 Å². The van der Waals surface area contributed by atoms with E-state index < -0.39 is 0 Å². The predicted octanol–water partition coefficient (Wildman–Crippen LogP) is 2.44. The Kier molecular flexibility index (Phi) is 3.31. The Balaban J connectivity index is 2.02. The highest BCUT2D eigenvalue weighted by molar-refractivity contribution is 5.29. The second-order valence-corrected chi connectivity index (χ2v) is 6.06. The fraction of sp³-hybridized carbons (Fsp3) is 0.733. The number of fused-ring (bicyclic) bond motifs is 1. The summed E-state index contributed by atoms with van der Waals surface area (Å²) in [5.74, 6) is 1.59. The first-order valence-corrected chi connectivity index (χ1v) is 7.27. The minimum atomic E-state index is -0.264. The van der Waals surface area contributed by atoms with Crippen molar-refractivity contribution in [2.45, 2.75) is 58.2 Å². The summed E-state index contributed by atoms with van der Waals surface area (Å²) < 4.78 is 5.90. The Hall–Kier alpha value is -1.00. The fourth-order valence-electron chi connectivity index (χ4n) is 3.52. The standard InChI is InChI=1S/C15H23N3O/c1-10-5-4-6-15(7-10,19-3)14-17-11(2)12-8-16-9-13(12)18-14/h10,16H,4-9H2,1-3H3. The molecule has 1 aliphatic heterocycles. The van der Waals surface area contributed by atoms with E-state index in [4.69, 9.17) is 14.7 Å². The average molecular weight is 261 g/mol. The first kappa shape index (κ1) is 13.0. The summed E-state index contributed by atoms with van der Waals surface area (Å²) in [6, 6.07) is 0. The van der Waals surface area contributed by atoms with E-state index >= 15 is 0 Å². The molecular formula is C15H23N3O. The van der Waals surface area contributed by atoms with Crippen LogP contribution in [0.2, 0.25) is 0 Å². The Morgan fingerprint density at radius 2 is 2.16 bits per heavy atom. The highest BCUT2D eigenvalue weighted by atomic mass is 16.5. The van der Waals surface area contributed by atoms with Crippen LogP contribution in [-0.4, -0.2) is 17.1 Å². The van der Waals surface area contributed by atoms with Crippen LogP contribution < -0.4 is 5.32 Å². The molecular weight excluding hydrogens is 238 g/mol. The number of methoxy groups -OCH3 is 1. The number of nitrogens with one attached hydrogen (secondary N) is 1. The zero-order chi connectivity index (χ0) is 13.5. The van der Waals surface area contributed by atoms with Crippen LogP contribution in [0.25, 0.3) is 0 Å². The minimum Gasteiger partial charge on any atom is -0.370 e. The summed E-state index contributed by atoms with van der Waals surface area (Å²) in [6.07, 6.45) is 4.57. The van der Waals surface area contributed by atoms with E-state index in [0.29, 0.717) is 5.92 Å². The number of nitrogens with zero attached hydrogens (tertiary/aromatic N) is 2. The van der Waals surface area contributed by atoms with Gasteiger partial charge in [-0.3, -0.25) is 0 Å². The van der Waals surface area contributed by atoms with Crippen LogP contribution in [-0.2, 0) is 23.4 Å². The van der Waals surface area contributed by atoms with Crippen molar-refractivity contribution < 1.29 is 4.74 Å². The average Bonchev–Trinajstić information content (AvgIpc) is 2.87. The minimum absolute atomic E-state index is 0.264. The van der Waals surface area contributed by atoms with Crippen molar-refractivity contribution in [2.24, 2.45) is 5.92 Å². The van der Waals surface area contributed by atoms with Crippen LogP contribution in [0, 0.1) is 12.8 Å². The molecule has 1 aromatic heterocycles. The normalized spacial score (nSPS) is 30.4. The van der Waals surface area contributed by atoms with Crippen molar-refractivity contribution >= 4 is 0 Å². The van der Waals surface area contributed by atoms with Crippen molar-refractivity contribution in [3.05, 3.63) is 22.8 Å². The van der Waals surface area contributed by atoms with Crippen molar-refractivity contribution in [3.8, 4) is 0 Å². The van der Waals surface area contributed by atoms with E-state index in [1.54, 1.807) is 0 Å². The Morgan fingerprint density at radius 3 is 2.89 bits per heavy atom. The molecule has 0 aromatic carbocycles. The molecule has 0 saturated heterocycles. The first-order valence-electron chi connectivity index (χ1n) is 7.27. The number of rotatable bonds is 2. The number of ether oxygens (including phenoxy) is 1. The van der Waals surface area contributed by atoms with Gasteiger partial charge in [0.05, 0.1) is 5.69 Å². The Labute approximate surface area is 115 Å². The molecule has 0 spiro atoms. The quantitative estimate of drug-likeness (QED) is 0.888. The van der Waals surface area contributed by atoms with Crippen LogP contribution in [0.4, 0.5) is 0 Å².